The second-order valence-corrected chi connectivity index (χ2v) is 6.40. The first-order chi connectivity index (χ1) is 13.8. The fraction of sp³-hybridized carbons (Fsp3) is 0.125. The molecule has 1 aliphatic heterocycles. The predicted octanol–water partition coefficient (Wildman–Crippen LogP) is 4.93. The highest BCUT2D eigenvalue weighted by atomic mass is 16.6. The van der Waals surface area contributed by atoms with Crippen LogP contribution in [0.2, 0.25) is 0 Å². The Balaban J connectivity index is 1.37. The van der Waals surface area contributed by atoms with Gasteiger partial charge in [0.2, 0.25) is 0 Å². The quantitative estimate of drug-likeness (QED) is 0.454. The van der Waals surface area contributed by atoms with Gasteiger partial charge in [-0.05, 0) is 47.5 Å². The SMILES string of the molecule is O=C(/C=C/c1ccc(OCc2ccccc2)cc1)c1ccc2c(c1)OCCO2. The van der Waals surface area contributed by atoms with Gasteiger partial charge in [0, 0.05) is 5.56 Å². The molecule has 0 bridgehead atoms. The molecule has 0 saturated carbocycles. The van der Waals surface area contributed by atoms with E-state index in [0.717, 1.165) is 16.9 Å². The van der Waals surface area contributed by atoms with Gasteiger partial charge < -0.3 is 14.2 Å². The highest BCUT2D eigenvalue weighted by Crippen LogP contribution is 2.31. The molecule has 3 aromatic rings. The van der Waals surface area contributed by atoms with E-state index in [2.05, 4.69) is 0 Å². The van der Waals surface area contributed by atoms with E-state index >= 15 is 0 Å². The average molecular weight is 372 g/mol. The van der Waals surface area contributed by atoms with E-state index < -0.39 is 0 Å². The van der Waals surface area contributed by atoms with Crippen LogP contribution in [0.3, 0.4) is 0 Å². The third-order valence-electron chi connectivity index (χ3n) is 4.38. The maximum atomic E-state index is 12.4. The molecule has 0 atom stereocenters. The molecule has 0 radical (unpaired) electrons. The Kier molecular flexibility index (Phi) is 5.38. The molecule has 0 spiro atoms. The molecule has 0 unspecified atom stereocenters. The van der Waals surface area contributed by atoms with Crippen molar-refractivity contribution in [3.05, 3.63) is 95.6 Å². The van der Waals surface area contributed by atoms with Gasteiger partial charge in [-0.2, -0.15) is 0 Å². The maximum Gasteiger partial charge on any atom is 0.185 e. The van der Waals surface area contributed by atoms with Gasteiger partial charge in [-0.3, -0.25) is 4.79 Å². The molecule has 0 saturated heterocycles. The molecule has 0 fully saturated rings. The second-order valence-electron chi connectivity index (χ2n) is 6.40. The number of fused-ring (bicyclic) bond motifs is 1. The fourth-order valence-corrected chi connectivity index (χ4v) is 2.88. The van der Waals surface area contributed by atoms with Crippen LogP contribution in [-0.4, -0.2) is 19.0 Å². The number of carbonyl (C=O) groups excluding carboxylic acids is 1. The molecule has 140 valence electrons. The molecule has 0 amide bonds. The van der Waals surface area contributed by atoms with E-state index in [0.29, 0.717) is 36.9 Å². The van der Waals surface area contributed by atoms with Gasteiger partial charge in [-0.25, -0.2) is 0 Å². The van der Waals surface area contributed by atoms with Gasteiger partial charge in [-0.15, -0.1) is 0 Å². The Labute approximate surface area is 164 Å². The Hall–Kier alpha value is -3.53. The van der Waals surface area contributed by atoms with E-state index in [1.54, 1.807) is 30.4 Å². The minimum absolute atomic E-state index is 0.0821. The molecule has 1 aliphatic rings. The Morgan fingerprint density at radius 2 is 1.64 bits per heavy atom. The minimum atomic E-state index is -0.0821. The second kappa shape index (κ2) is 8.44. The van der Waals surface area contributed by atoms with Crippen molar-refractivity contribution in [3.8, 4) is 17.2 Å². The van der Waals surface area contributed by atoms with Gasteiger partial charge >= 0.3 is 0 Å². The van der Waals surface area contributed by atoms with Gasteiger partial charge in [-0.1, -0.05) is 48.5 Å². The zero-order valence-corrected chi connectivity index (χ0v) is 15.3. The molecule has 4 nitrogen and oxygen atoms in total. The van der Waals surface area contributed by atoms with E-state index in [4.69, 9.17) is 14.2 Å². The Morgan fingerprint density at radius 1 is 0.893 bits per heavy atom. The largest absolute Gasteiger partial charge is 0.489 e. The Morgan fingerprint density at radius 3 is 2.43 bits per heavy atom. The summed E-state index contributed by atoms with van der Waals surface area (Å²) in [5.41, 5.74) is 2.62. The standard InChI is InChI=1S/C24H20O4/c25-22(20-9-13-23-24(16-20)27-15-14-26-23)12-8-18-6-10-21(11-7-18)28-17-19-4-2-1-3-5-19/h1-13,16H,14-15,17H2/b12-8+. The molecule has 0 aromatic heterocycles. The number of hydrogen-bond donors (Lipinski definition) is 0. The van der Waals surface area contributed by atoms with Crippen LogP contribution in [0.25, 0.3) is 6.08 Å². The van der Waals surface area contributed by atoms with Crippen LogP contribution < -0.4 is 14.2 Å². The molecule has 0 N–H and O–H groups in total. The Bertz CT molecular complexity index is 975. The summed E-state index contributed by atoms with van der Waals surface area (Å²) in [7, 11) is 0. The molecule has 1 heterocycles. The molecular weight excluding hydrogens is 352 g/mol. The maximum absolute atomic E-state index is 12.4. The van der Waals surface area contributed by atoms with Gasteiger partial charge in [0.15, 0.2) is 17.3 Å². The van der Waals surface area contributed by atoms with Crippen LogP contribution in [0.5, 0.6) is 17.2 Å². The summed E-state index contributed by atoms with van der Waals surface area (Å²) in [5.74, 6) is 2.00. The molecular formula is C24H20O4. The normalized spacial score (nSPS) is 12.7. The topological polar surface area (TPSA) is 44.8 Å². The summed E-state index contributed by atoms with van der Waals surface area (Å²) in [6.45, 7) is 1.56. The van der Waals surface area contributed by atoms with Crippen molar-refractivity contribution in [3.63, 3.8) is 0 Å². The van der Waals surface area contributed by atoms with Gasteiger partial charge in [0.25, 0.3) is 0 Å². The van der Waals surface area contributed by atoms with E-state index in [1.807, 2.05) is 54.6 Å². The van der Waals surface area contributed by atoms with Gasteiger partial charge in [0.1, 0.15) is 25.6 Å². The zero-order valence-electron chi connectivity index (χ0n) is 15.3. The minimum Gasteiger partial charge on any atom is -0.489 e. The number of ketones is 1. The van der Waals surface area contributed by atoms with E-state index in [9.17, 15) is 4.79 Å². The van der Waals surface area contributed by atoms with Crippen LogP contribution in [0.4, 0.5) is 0 Å². The third kappa shape index (κ3) is 4.41. The summed E-state index contributed by atoms with van der Waals surface area (Å²) >= 11 is 0. The van der Waals surface area contributed by atoms with Crippen molar-refractivity contribution in [2.45, 2.75) is 6.61 Å². The summed E-state index contributed by atoms with van der Waals surface area (Å²) in [6.07, 6.45) is 3.35. The monoisotopic (exact) mass is 372 g/mol. The number of carbonyl (C=O) groups is 1. The van der Waals surface area contributed by atoms with Crippen LogP contribution >= 0.6 is 0 Å². The number of hydrogen-bond acceptors (Lipinski definition) is 4. The molecule has 0 aliphatic carbocycles. The number of rotatable bonds is 6. The van der Waals surface area contributed by atoms with Crippen LogP contribution in [-0.2, 0) is 6.61 Å². The molecule has 28 heavy (non-hydrogen) atoms. The van der Waals surface area contributed by atoms with Crippen LogP contribution in [0, 0.1) is 0 Å². The highest BCUT2D eigenvalue weighted by Gasteiger charge is 2.13. The summed E-state index contributed by atoms with van der Waals surface area (Å²) in [6, 6.07) is 22.9. The first-order valence-electron chi connectivity index (χ1n) is 9.17. The van der Waals surface area contributed by atoms with Crippen LogP contribution in [0.15, 0.2) is 78.9 Å². The van der Waals surface area contributed by atoms with Crippen molar-refractivity contribution in [2.24, 2.45) is 0 Å². The van der Waals surface area contributed by atoms with Crippen molar-refractivity contribution in [1.29, 1.82) is 0 Å². The average Bonchev–Trinajstić information content (AvgIpc) is 2.77. The highest BCUT2D eigenvalue weighted by molar-refractivity contribution is 6.07. The lowest BCUT2D eigenvalue weighted by Crippen LogP contribution is -2.15. The number of allylic oxidation sites excluding steroid dienone is 1. The predicted molar refractivity (Wildman–Crippen MR) is 108 cm³/mol. The summed E-state index contributed by atoms with van der Waals surface area (Å²) < 4.78 is 16.8. The number of benzene rings is 3. The van der Waals surface area contributed by atoms with E-state index in [-0.39, 0.29) is 5.78 Å². The molecule has 4 heteroatoms. The van der Waals surface area contributed by atoms with Crippen molar-refractivity contribution < 1.29 is 19.0 Å². The lowest BCUT2D eigenvalue weighted by Gasteiger charge is -2.18. The van der Waals surface area contributed by atoms with Gasteiger partial charge in [0.05, 0.1) is 0 Å². The summed E-state index contributed by atoms with van der Waals surface area (Å²) in [5, 5.41) is 0. The zero-order chi connectivity index (χ0) is 19.2. The lowest BCUT2D eigenvalue weighted by molar-refractivity contribution is 0.104. The van der Waals surface area contributed by atoms with Crippen molar-refractivity contribution >= 4 is 11.9 Å². The molecule has 3 aromatic carbocycles. The number of ether oxygens (including phenoxy) is 3. The van der Waals surface area contributed by atoms with Crippen molar-refractivity contribution in [1.82, 2.24) is 0 Å². The first-order valence-corrected chi connectivity index (χ1v) is 9.17. The summed E-state index contributed by atoms with van der Waals surface area (Å²) in [4.78, 5) is 12.4. The van der Waals surface area contributed by atoms with Crippen molar-refractivity contribution in [2.75, 3.05) is 13.2 Å². The lowest BCUT2D eigenvalue weighted by atomic mass is 10.1. The smallest absolute Gasteiger partial charge is 0.185 e. The van der Waals surface area contributed by atoms with Crippen LogP contribution in [0.1, 0.15) is 21.5 Å². The fourth-order valence-electron chi connectivity index (χ4n) is 2.88. The molecule has 4 rings (SSSR count). The third-order valence-corrected chi connectivity index (χ3v) is 4.38. The first kappa shape index (κ1) is 17.9. The van der Waals surface area contributed by atoms with E-state index in [1.165, 1.54) is 0 Å².